The molecule has 0 atom stereocenters. The largest absolute Gasteiger partial charge is 0.448 e. The molecule has 1 fully saturated rings. The van der Waals surface area contributed by atoms with Gasteiger partial charge in [-0.2, -0.15) is 0 Å². The van der Waals surface area contributed by atoms with Crippen LogP contribution in [0, 0.1) is 6.92 Å². The topological polar surface area (TPSA) is 101 Å². The van der Waals surface area contributed by atoms with Crippen molar-refractivity contribution in [3.05, 3.63) is 41.6 Å². The van der Waals surface area contributed by atoms with Crippen LogP contribution < -0.4 is 5.32 Å². The average Bonchev–Trinajstić information content (AvgIpc) is 3.06. The third-order valence-corrected chi connectivity index (χ3v) is 4.32. The van der Waals surface area contributed by atoms with E-state index in [1.807, 2.05) is 0 Å². The quantitative estimate of drug-likeness (QED) is 0.901. The molecule has 0 spiro atoms. The Bertz CT molecular complexity index is 765. The number of hydrogen-bond donors (Lipinski definition) is 1. The lowest BCUT2D eigenvalue weighted by atomic mass is 9.91. The Morgan fingerprint density at radius 1 is 1.28 bits per heavy atom. The van der Waals surface area contributed by atoms with Crippen LogP contribution in [0.5, 0.6) is 0 Å². The SMILES string of the molecule is CC(=O)NCc1nccnc1C1CCN(C(=O)c2coc(C)n2)CC1. The number of carbonyl (C=O) groups excluding carboxylic acids is 2. The number of aryl methyl sites for hydroxylation is 1. The van der Waals surface area contributed by atoms with E-state index in [2.05, 4.69) is 20.3 Å². The Morgan fingerprint density at radius 3 is 2.64 bits per heavy atom. The molecule has 0 saturated carbocycles. The Hall–Kier alpha value is -2.77. The zero-order valence-corrected chi connectivity index (χ0v) is 14.4. The molecule has 2 aromatic heterocycles. The number of likely N-dealkylation sites (tertiary alicyclic amines) is 1. The molecule has 25 heavy (non-hydrogen) atoms. The van der Waals surface area contributed by atoms with Gasteiger partial charge in [-0.3, -0.25) is 19.6 Å². The maximum Gasteiger partial charge on any atom is 0.275 e. The summed E-state index contributed by atoms with van der Waals surface area (Å²) < 4.78 is 5.12. The number of amides is 2. The van der Waals surface area contributed by atoms with Crippen LogP contribution in [0.1, 0.15) is 53.5 Å². The molecular weight excluding hydrogens is 322 g/mol. The minimum absolute atomic E-state index is 0.0973. The maximum absolute atomic E-state index is 12.4. The first-order valence-electron chi connectivity index (χ1n) is 8.30. The van der Waals surface area contributed by atoms with Crippen LogP contribution in [0.2, 0.25) is 0 Å². The number of aromatic nitrogens is 3. The highest BCUT2D eigenvalue weighted by atomic mass is 16.3. The number of oxazole rings is 1. The van der Waals surface area contributed by atoms with Gasteiger partial charge in [-0.15, -0.1) is 0 Å². The fourth-order valence-electron chi connectivity index (χ4n) is 3.04. The van der Waals surface area contributed by atoms with Crippen molar-refractivity contribution in [3.8, 4) is 0 Å². The first kappa shape index (κ1) is 17.1. The molecule has 2 amide bonds. The fourth-order valence-corrected chi connectivity index (χ4v) is 3.04. The molecule has 8 heteroatoms. The summed E-state index contributed by atoms with van der Waals surface area (Å²) in [5, 5.41) is 2.77. The first-order valence-corrected chi connectivity index (χ1v) is 8.30. The normalized spacial score (nSPS) is 15.2. The van der Waals surface area contributed by atoms with Crippen LogP contribution in [0.3, 0.4) is 0 Å². The highest BCUT2D eigenvalue weighted by Gasteiger charge is 2.28. The number of piperidine rings is 1. The van der Waals surface area contributed by atoms with E-state index in [0.717, 1.165) is 24.2 Å². The van der Waals surface area contributed by atoms with Crippen molar-refractivity contribution in [2.45, 2.75) is 39.2 Å². The van der Waals surface area contributed by atoms with Gasteiger partial charge in [-0.1, -0.05) is 0 Å². The van der Waals surface area contributed by atoms with Gasteiger partial charge in [0.2, 0.25) is 5.91 Å². The van der Waals surface area contributed by atoms with Crippen LogP contribution in [-0.4, -0.2) is 44.8 Å². The van der Waals surface area contributed by atoms with Crippen molar-refractivity contribution >= 4 is 11.8 Å². The van der Waals surface area contributed by atoms with Crippen molar-refractivity contribution in [3.63, 3.8) is 0 Å². The molecule has 1 aliphatic rings. The van der Waals surface area contributed by atoms with Crippen molar-refractivity contribution in [1.82, 2.24) is 25.2 Å². The Balaban J connectivity index is 1.64. The van der Waals surface area contributed by atoms with Gasteiger partial charge in [0.05, 0.1) is 17.9 Å². The lowest BCUT2D eigenvalue weighted by molar-refractivity contribution is -0.119. The van der Waals surface area contributed by atoms with Crippen LogP contribution >= 0.6 is 0 Å². The van der Waals surface area contributed by atoms with Gasteiger partial charge in [-0.05, 0) is 12.8 Å². The van der Waals surface area contributed by atoms with Crippen LogP contribution in [-0.2, 0) is 11.3 Å². The second kappa shape index (κ2) is 7.42. The van der Waals surface area contributed by atoms with E-state index in [-0.39, 0.29) is 17.7 Å². The Kier molecular flexibility index (Phi) is 5.06. The molecule has 3 heterocycles. The standard InChI is InChI=1S/C17H21N5O3/c1-11(23)20-9-14-16(19-6-5-18-14)13-3-7-22(8-4-13)17(24)15-10-25-12(2)21-15/h5-6,10,13H,3-4,7-9H2,1-2H3,(H,20,23). The van der Waals surface area contributed by atoms with Gasteiger partial charge in [0.25, 0.3) is 5.91 Å². The molecule has 0 aliphatic carbocycles. The summed E-state index contributed by atoms with van der Waals surface area (Å²) in [5.74, 6) is 0.508. The van der Waals surface area contributed by atoms with Crippen molar-refractivity contribution in [2.75, 3.05) is 13.1 Å². The summed E-state index contributed by atoms with van der Waals surface area (Å²) in [5.41, 5.74) is 2.04. The molecule has 132 valence electrons. The Labute approximate surface area is 145 Å². The maximum atomic E-state index is 12.4. The van der Waals surface area contributed by atoms with Crippen LogP contribution in [0.4, 0.5) is 0 Å². The van der Waals surface area contributed by atoms with E-state index in [9.17, 15) is 9.59 Å². The van der Waals surface area contributed by atoms with E-state index in [1.165, 1.54) is 13.2 Å². The lowest BCUT2D eigenvalue weighted by Gasteiger charge is -2.31. The average molecular weight is 343 g/mol. The molecule has 0 unspecified atom stereocenters. The smallest absolute Gasteiger partial charge is 0.275 e. The van der Waals surface area contributed by atoms with Gasteiger partial charge in [0.1, 0.15) is 6.26 Å². The van der Waals surface area contributed by atoms with E-state index in [4.69, 9.17) is 4.42 Å². The predicted molar refractivity (Wildman–Crippen MR) is 88.7 cm³/mol. The van der Waals surface area contributed by atoms with Gasteiger partial charge in [-0.25, -0.2) is 4.98 Å². The molecule has 0 aromatic carbocycles. The number of hydrogen-bond acceptors (Lipinski definition) is 6. The highest BCUT2D eigenvalue weighted by Crippen LogP contribution is 2.28. The van der Waals surface area contributed by atoms with E-state index < -0.39 is 0 Å². The predicted octanol–water partition coefficient (Wildman–Crippen LogP) is 1.43. The molecule has 8 nitrogen and oxygen atoms in total. The molecule has 0 radical (unpaired) electrons. The molecule has 1 aliphatic heterocycles. The van der Waals surface area contributed by atoms with Crippen molar-refractivity contribution in [1.29, 1.82) is 0 Å². The molecule has 2 aromatic rings. The van der Waals surface area contributed by atoms with Gasteiger partial charge >= 0.3 is 0 Å². The summed E-state index contributed by atoms with van der Waals surface area (Å²) in [4.78, 5) is 38.3. The fraction of sp³-hybridized carbons (Fsp3) is 0.471. The summed E-state index contributed by atoms with van der Waals surface area (Å²) in [6.45, 7) is 4.83. The molecule has 0 bridgehead atoms. The highest BCUT2D eigenvalue weighted by molar-refractivity contribution is 5.92. The summed E-state index contributed by atoms with van der Waals surface area (Å²) in [7, 11) is 0. The minimum atomic E-state index is -0.104. The lowest BCUT2D eigenvalue weighted by Crippen LogP contribution is -2.38. The number of rotatable bonds is 4. The molecular formula is C17H21N5O3. The zero-order valence-electron chi connectivity index (χ0n) is 14.4. The number of nitrogens with one attached hydrogen (secondary N) is 1. The van der Waals surface area contributed by atoms with Crippen molar-refractivity contribution in [2.24, 2.45) is 0 Å². The van der Waals surface area contributed by atoms with E-state index in [1.54, 1.807) is 24.2 Å². The molecule has 1 saturated heterocycles. The summed E-state index contributed by atoms with van der Waals surface area (Å²) in [6, 6.07) is 0. The van der Waals surface area contributed by atoms with Gasteiger partial charge in [0.15, 0.2) is 11.6 Å². The summed E-state index contributed by atoms with van der Waals surface area (Å²) in [6.07, 6.45) is 6.30. The van der Waals surface area contributed by atoms with Crippen LogP contribution in [0.15, 0.2) is 23.1 Å². The van der Waals surface area contributed by atoms with Crippen LogP contribution in [0.25, 0.3) is 0 Å². The van der Waals surface area contributed by atoms with Gasteiger partial charge < -0.3 is 14.6 Å². The van der Waals surface area contributed by atoms with Gasteiger partial charge in [0, 0.05) is 45.2 Å². The molecule has 3 rings (SSSR count). The monoisotopic (exact) mass is 343 g/mol. The minimum Gasteiger partial charge on any atom is -0.448 e. The second-order valence-corrected chi connectivity index (χ2v) is 6.12. The summed E-state index contributed by atoms with van der Waals surface area (Å²) >= 11 is 0. The Morgan fingerprint density at radius 2 is 2.00 bits per heavy atom. The zero-order chi connectivity index (χ0) is 17.8. The second-order valence-electron chi connectivity index (χ2n) is 6.12. The third kappa shape index (κ3) is 4.01. The first-order chi connectivity index (χ1) is 12.0. The van der Waals surface area contributed by atoms with E-state index in [0.29, 0.717) is 31.2 Å². The van der Waals surface area contributed by atoms with E-state index >= 15 is 0 Å². The van der Waals surface area contributed by atoms with Crippen molar-refractivity contribution < 1.29 is 14.0 Å². The number of nitrogens with zero attached hydrogens (tertiary/aromatic N) is 4. The number of carbonyl (C=O) groups is 2. The molecule has 1 N–H and O–H groups in total. The third-order valence-electron chi connectivity index (χ3n) is 4.32.